The summed E-state index contributed by atoms with van der Waals surface area (Å²) in [4.78, 5) is 14.7. The van der Waals surface area contributed by atoms with Crippen LogP contribution in [-0.2, 0) is 20.6 Å². The second-order valence-corrected chi connectivity index (χ2v) is 8.81. The second-order valence-electron chi connectivity index (χ2n) is 6.84. The number of hydrogen-bond donors (Lipinski definition) is 0. The summed E-state index contributed by atoms with van der Waals surface area (Å²) in [5.74, 6) is -0.0777. The molecular formula is C21H26N2O3S. The van der Waals surface area contributed by atoms with Gasteiger partial charge in [0.25, 0.3) is 0 Å². The SMILES string of the molecule is CC[C@H](C(=O)N1CCN(S(=O)(=O)Cc2ccccc2)CC1)c1ccccc1. The van der Waals surface area contributed by atoms with Crippen molar-refractivity contribution in [2.24, 2.45) is 0 Å². The Bertz CT molecular complexity index is 846. The summed E-state index contributed by atoms with van der Waals surface area (Å²) in [6, 6.07) is 19.0. The molecule has 0 bridgehead atoms. The molecule has 0 aromatic heterocycles. The number of sulfonamides is 1. The highest BCUT2D eigenvalue weighted by atomic mass is 32.2. The lowest BCUT2D eigenvalue weighted by molar-refractivity contribution is -0.134. The van der Waals surface area contributed by atoms with Gasteiger partial charge in [-0.1, -0.05) is 67.6 Å². The van der Waals surface area contributed by atoms with E-state index in [4.69, 9.17) is 0 Å². The van der Waals surface area contributed by atoms with E-state index in [1.54, 1.807) is 4.90 Å². The topological polar surface area (TPSA) is 57.7 Å². The van der Waals surface area contributed by atoms with Crippen molar-refractivity contribution in [2.75, 3.05) is 26.2 Å². The normalized spacial score (nSPS) is 16.9. The maximum atomic E-state index is 12.9. The number of rotatable bonds is 6. The first-order chi connectivity index (χ1) is 13.0. The van der Waals surface area contributed by atoms with Crippen molar-refractivity contribution in [2.45, 2.75) is 25.0 Å². The monoisotopic (exact) mass is 386 g/mol. The molecule has 1 saturated heterocycles. The van der Waals surface area contributed by atoms with E-state index >= 15 is 0 Å². The van der Waals surface area contributed by atoms with Crippen molar-refractivity contribution in [1.82, 2.24) is 9.21 Å². The molecule has 3 rings (SSSR count). The van der Waals surface area contributed by atoms with Crippen LogP contribution >= 0.6 is 0 Å². The Kier molecular flexibility index (Phi) is 6.29. The maximum Gasteiger partial charge on any atom is 0.230 e. The molecule has 0 unspecified atom stereocenters. The van der Waals surface area contributed by atoms with E-state index < -0.39 is 10.0 Å². The molecule has 0 saturated carbocycles. The van der Waals surface area contributed by atoms with Crippen LogP contribution in [0.4, 0.5) is 0 Å². The molecule has 2 aromatic rings. The zero-order chi connectivity index (χ0) is 19.3. The molecule has 6 heteroatoms. The van der Waals surface area contributed by atoms with Gasteiger partial charge in [0.1, 0.15) is 0 Å². The Hall–Kier alpha value is -2.18. The van der Waals surface area contributed by atoms with Gasteiger partial charge in [0.15, 0.2) is 0 Å². The van der Waals surface area contributed by atoms with Crippen molar-refractivity contribution >= 4 is 15.9 Å². The molecule has 27 heavy (non-hydrogen) atoms. The van der Waals surface area contributed by atoms with E-state index in [9.17, 15) is 13.2 Å². The van der Waals surface area contributed by atoms with Crippen LogP contribution in [0.2, 0.25) is 0 Å². The second kappa shape index (κ2) is 8.67. The van der Waals surface area contributed by atoms with Gasteiger partial charge in [-0.2, -0.15) is 4.31 Å². The van der Waals surface area contributed by atoms with Gasteiger partial charge in [-0.15, -0.1) is 0 Å². The van der Waals surface area contributed by atoms with Crippen LogP contribution in [0.3, 0.4) is 0 Å². The quantitative estimate of drug-likeness (QED) is 0.767. The van der Waals surface area contributed by atoms with Crippen molar-refractivity contribution in [3.05, 3.63) is 71.8 Å². The smallest absolute Gasteiger partial charge is 0.230 e. The summed E-state index contributed by atoms with van der Waals surface area (Å²) >= 11 is 0. The molecule has 1 aliphatic heterocycles. The Morgan fingerprint density at radius 3 is 2.04 bits per heavy atom. The van der Waals surface area contributed by atoms with Crippen LogP contribution in [0.1, 0.15) is 30.4 Å². The predicted octanol–water partition coefficient (Wildman–Crippen LogP) is 2.85. The molecule has 1 fully saturated rings. The molecular weight excluding hydrogens is 360 g/mol. The molecule has 5 nitrogen and oxygen atoms in total. The van der Waals surface area contributed by atoms with Crippen molar-refractivity contribution in [1.29, 1.82) is 0 Å². The van der Waals surface area contributed by atoms with Crippen LogP contribution in [0, 0.1) is 0 Å². The molecule has 1 aliphatic rings. The fraction of sp³-hybridized carbons (Fsp3) is 0.381. The van der Waals surface area contributed by atoms with Crippen molar-refractivity contribution in [3.8, 4) is 0 Å². The summed E-state index contributed by atoms with van der Waals surface area (Å²) in [5.41, 5.74) is 1.80. The van der Waals surface area contributed by atoms with Crippen molar-refractivity contribution in [3.63, 3.8) is 0 Å². The van der Waals surface area contributed by atoms with E-state index in [1.807, 2.05) is 67.6 Å². The summed E-state index contributed by atoms with van der Waals surface area (Å²) in [5, 5.41) is 0. The van der Waals surface area contributed by atoms with E-state index in [2.05, 4.69) is 0 Å². The number of amides is 1. The molecule has 144 valence electrons. The highest BCUT2D eigenvalue weighted by molar-refractivity contribution is 7.88. The van der Waals surface area contributed by atoms with Gasteiger partial charge in [-0.05, 0) is 17.5 Å². The summed E-state index contributed by atoms with van der Waals surface area (Å²) in [7, 11) is -3.37. The number of nitrogens with zero attached hydrogens (tertiary/aromatic N) is 2. The Morgan fingerprint density at radius 2 is 1.48 bits per heavy atom. The average Bonchev–Trinajstić information content (AvgIpc) is 2.70. The van der Waals surface area contributed by atoms with Gasteiger partial charge in [-0.25, -0.2) is 8.42 Å². The Labute approximate surface area is 161 Å². The standard InChI is InChI=1S/C21H26N2O3S/c1-2-20(19-11-7-4-8-12-19)21(24)22-13-15-23(16-14-22)27(25,26)17-18-9-5-3-6-10-18/h3-12,20H,2,13-17H2,1H3/t20-/m0/s1. The molecule has 1 heterocycles. The molecule has 0 spiro atoms. The first kappa shape index (κ1) is 19.6. The predicted molar refractivity (Wildman–Crippen MR) is 107 cm³/mol. The van der Waals surface area contributed by atoms with Crippen LogP contribution in [0.15, 0.2) is 60.7 Å². The van der Waals surface area contributed by atoms with Gasteiger partial charge >= 0.3 is 0 Å². The van der Waals surface area contributed by atoms with Gasteiger partial charge in [0.05, 0.1) is 11.7 Å². The minimum atomic E-state index is -3.37. The lowest BCUT2D eigenvalue weighted by Crippen LogP contribution is -2.51. The molecule has 1 atom stereocenters. The number of hydrogen-bond acceptors (Lipinski definition) is 3. The third-order valence-corrected chi connectivity index (χ3v) is 6.89. The van der Waals surface area contributed by atoms with Gasteiger partial charge in [0.2, 0.25) is 15.9 Å². The van der Waals surface area contributed by atoms with Crippen molar-refractivity contribution < 1.29 is 13.2 Å². The Balaban J connectivity index is 1.62. The maximum absolute atomic E-state index is 12.9. The number of carbonyl (C=O) groups is 1. The third kappa shape index (κ3) is 4.76. The molecule has 0 radical (unpaired) electrons. The zero-order valence-corrected chi connectivity index (χ0v) is 16.4. The van der Waals surface area contributed by atoms with Crippen LogP contribution in [-0.4, -0.2) is 49.7 Å². The molecule has 0 N–H and O–H groups in total. The highest BCUT2D eigenvalue weighted by Gasteiger charge is 2.31. The summed E-state index contributed by atoms with van der Waals surface area (Å²) in [6.07, 6.45) is 0.732. The van der Waals surface area contributed by atoms with E-state index in [0.29, 0.717) is 26.2 Å². The minimum Gasteiger partial charge on any atom is -0.340 e. The van der Waals surface area contributed by atoms with E-state index in [1.165, 1.54) is 4.31 Å². The summed E-state index contributed by atoms with van der Waals surface area (Å²) < 4.78 is 26.8. The molecule has 2 aromatic carbocycles. The van der Waals surface area contributed by atoms with E-state index in [0.717, 1.165) is 17.5 Å². The van der Waals surface area contributed by atoms with Gasteiger partial charge in [0, 0.05) is 26.2 Å². The lowest BCUT2D eigenvalue weighted by Gasteiger charge is -2.35. The molecule has 0 aliphatic carbocycles. The van der Waals surface area contributed by atoms with E-state index in [-0.39, 0.29) is 17.6 Å². The van der Waals surface area contributed by atoms with Gasteiger partial charge in [-0.3, -0.25) is 4.79 Å². The number of piperazine rings is 1. The first-order valence-corrected chi connectivity index (χ1v) is 11.0. The fourth-order valence-electron chi connectivity index (χ4n) is 3.52. The van der Waals surface area contributed by atoms with Gasteiger partial charge < -0.3 is 4.90 Å². The van der Waals surface area contributed by atoms with Crippen LogP contribution in [0.5, 0.6) is 0 Å². The Morgan fingerprint density at radius 1 is 0.926 bits per heavy atom. The lowest BCUT2D eigenvalue weighted by atomic mass is 9.95. The highest BCUT2D eigenvalue weighted by Crippen LogP contribution is 2.23. The average molecular weight is 387 g/mol. The largest absolute Gasteiger partial charge is 0.340 e. The third-order valence-electron chi connectivity index (χ3n) is 5.04. The van der Waals surface area contributed by atoms with Crippen LogP contribution in [0.25, 0.3) is 0 Å². The summed E-state index contributed by atoms with van der Waals surface area (Å²) in [6.45, 7) is 3.60. The minimum absolute atomic E-state index is 0.00336. The van der Waals surface area contributed by atoms with Crippen LogP contribution < -0.4 is 0 Å². The number of benzene rings is 2. The first-order valence-electron chi connectivity index (χ1n) is 9.36. The number of carbonyl (C=O) groups excluding carboxylic acids is 1. The zero-order valence-electron chi connectivity index (χ0n) is 15.6. The molecule has 1 amide bonds. The fourth-order valence-corrected chi connectivity index (χ4v) is 5.04.